The fraction of sp³-hybridized carbons (Fsp3) is 0.222. The Morgan fingerprint density at radius 2 is 2.38 bits per heavy atom. The van der Waals surface area contributed by atoms with Crippen molar-refractivity contribution in [2.75, 3.05) is 0 Å². The molecule has 68 valence electrons. The normalized spacial score (nSPS) is 10.5. The Hall–Kier alpha value is -0.800. The average Bonchev–Trinajstić information content (AvgIpc) is 2.72. The smallest absolute Gasteiger partial charge is 0.0921 e. The van der Waals surface area contributed by atoms with Crippen LogP contribution in [0.3, 0.4) is 0 Å². The van der Waals surface area contributed by atoms with Crippen LogP contribution in [0.15, 0.2) is 24.0 Å². The fourth-order valence-electron chi connectivity index (χ4n) is 1.17. The van der Waals surface area contributed by atoms with E-state index in [2.05, 4.69) is 9.97 Å². The topological polar surface area (TPSA) is 28.7 Å². The lowest BCUT2D eigenvalue weighted by molar-refractivity contribution is 0.942. The second-order valence-electron chi connectivity index (χ2n) is 2.77. The van der Waals surface area contributed by atoms with E-state index in [4.69, 9.17) is 11.6 Å². The number of rotatable bonds is 3. The molecule has 0 fully saturated rings. The van der Waals surface area contributed by atoms with Crippen molar-refractivity contribution >= 4 is 22.9 Å². The van der Waals surface area contributed by atoms with Crippen molar-refractivity contribution in [3.05, 3.63) is 39.6 Å². The van der Waals surface area contributed by atoms with Gasteiger partial charge in [0.2, 0.25) is 0 Å². The van der Waals surface area contributed by atoms with Gasteiger partial charge in [-0.1, -0.05) is 11.6 Å². The summed E-state index contributed by atoms with van der Waals surface area (Å²) in [5, 5.41) is 2.90. The van der Waals surface area contributed by atoms with Crippen LogP contribution in [0.25, 0.3) is 0 Å². The SMILES string of the molecule is Clc1ccsc1CCc1cnc[nH]1. The highest BCUT2D eigenvalue weighted by atomic mass is 35.5. The number of nitrogens with zero attached hydrogens (tertiary/aromatic N) is 1. The Bertz CT molecular complexity index is 367. The number of imidazole rings is 1. The van der Waals surface area contributed by atoms with E-state index < -0.39 is 0 Å². The maximum Gasteiger partial charge on any atom is 0.0921 e. The molecule has 0 amide bonds. The number of hydrogen-bond acceptors (Lipinski definition) is 2. The molecule has 0 aliphatic carbocycles. The zero-order valence-electron chi connectivity index (χ0n) is 6.96. The highest BCUT2D eigenvalue weighted by molar-refractivity contribution is 7.10. The van der Waals surface area contributed by atoms with Crippen LogP contribution < -0.4 is 0 Å². The zero-order valence-corrected chi connectivity index (χ0v) is 8.53. The van der Waals surface area contributed by atoms with E-state index in [1.807, 2.05) is 17.6 Å². The quantitative estimate of drug-likeness (QED) is 0.833. The van der Waals surface area contributed by atoms with Gasteiger partial charge in [-0.05, 0) is 24.3 Å². The van der Waals surface area contributed by atoms with Crippen molar-refractivity contribution in [1.82, 2.24) is 9.97 Å². The molecule has 0 atom stereocenters. The minimum Gasteiger partial charge on any atom is -0.348 e. The van der Waals surface area contributed by atoms with Crippen molar-refractivity contribution in [1.29, 1.82) is 0 Å². The van der Waals surface area contributed by atoms with Crippen molar-refractivity contribution in [2.24, 2.45) is 0 Å². The molecule has 2 heterocycles. The van der Waals surface area contributed by atoms with Crippen LogP contribution in [0.1, 0.15) is 10.6 Å². The Morgan fingerprint density at radius 1 is 1.46 bits per heavy atom. The summed E-state index contributed by atoms with van der Waals surface area (Å²) in [5.41, 5.74) is 1.16. The lowest BCUT2D eigenvalue weighted by Gasteiger charge is -1.95. The first-order valence-corrected chi connectivity index (χ1v) is 5.31. The number of thiophene rings is 1. The molecular weight excluding hydrogens is 204 g/mol. The molecule has 2 aromatic heterocycles. The summed E-state index contributed by atoms with van der Waals surface area (Å²) in [5.74, 6) is 0. The molecule has 2 aromatic rings. The number of H-pyrrole nitrogens is 1. The number of aromatic amines is 1. The van der Waals surface area contributed by atoms with Gasteiger partial charge in [0.25, 0.3) is 0 Å². The number of aryl methyl sites for hydroxylation is 2. The van der Waals surface area contributed by atoms with Crippen molar-refractivity contribution in [3.8, 4) is 0 Å². The van der Waals surface area contributed by atoms with Crippen molar-refractivity contribution < 1.29 is 0 Å². The second kappa shape index (κ2) is 3.94. The van der Waals surface area contributed by atoms with Crippen LogP contribution in [0.4, 0.5) is 0 Å². The monoisotopic (exact) mass is 212 g/mol. The molecule has 0 aliphatic heterocycles. The van der Waals surface area contributed by atoms with Gasteiger partial charge in [-0.3, -0.25) is 0 Å². The van der Waals surface area contributed by atoms with Crippen LogP contribution >= 0.6 is 22.9 Å². The molecule has 4 heteroatoms. The average molecular weight is 213 g/mol. The molecule has 0 bridgehead atoms. The molecule has 13 heavy (non-hydrogen) atoms. The predicted molar refractivity (Wildman–Crippen MR) is 55.3 cm³/mol. The van der Waals surface area contributed by atoms with Crippen molar-refractivity contribution in [2.45, 2.75) is 12.8 Å². The van der Waals surface area contributed by atoms with Crippen LogP contribution in [-0.4, -0.2) is 9.97 Å². The minimum absolute atomic E-state index is 0.879. The lowest BCUT2D eigenvalue weighted by atomic mass is 10.2. The van der Waals surface area contributed by atoms with Crippen LogP contribution in [0.2, 0.25) is 5.02 Å². The van der Waals surface area contributed by atoms with Gasteiger partial charge in [0.05, 0.1) is 11.3 Å². The van der Waals surface area contributed by atoms with E-state index >= 15 is 0 Å². The molecule has 0 unspecified atom stereocenters. The first kappa shape index (κ1) is 8.78. The van der Waals surface area contributed by atoms with E-state index in [9.17, 15) is 0 Å². The van der Waals surface area contributed by atoms with Gasteiger partial charge in [0.1, 0.15) is 0 Å². The summed E-state index contributed by atoms with van der Waals surface area (Å²) in [6, 6.07) is 1.94. The van der Waals surface area contributed by atoms with E-state index in [-0.39, 0.29) is 0 Å². The molecule has 0 saturated heterocycles. The number of nitrogens with one attached hydrogen (secondary N) is 1. The molecule has 0 saturated carbocycles. The Labute approximate surface area is 85.6 Å². The summed E-state index contributed by atoms with van der Waals surface area (Å²) in [7, 11) is 0. The van der Waals surface area contributed by atoms with E-state index in [1.165, 1.54) is 4.88 Å². The molecule has 0 aliphatic rings. The third-order valence-electron chi connectivity index (χ3n) is 1.87. The van der Waals surface area contributed by atoms with Gasteiger partial charge in [-0.25, -0.2) is 4.98 Å². The lowest BCUT2D eigenvalue weighted by Crippen LogP contribution is -1.88. The maximum absolute atomic E-state index is 5.96. The van der Waals surface area contributed by atoms with E-state index in [0.717, 1.165) is 23.6 Å². The summed E-state index contributed by atoms with van der Waals surface area (Å²) in [6.45, 7) is 0. The Morgan fingerprint density at radius 3 is 3.00 bits per heavy atom. The Balaban J connectivity index is 1.97. The maximum atomic E-state index is 5.96. The molecule has 0 spiro atoms. The third-order valence-corrected chi connectivity index (χ3v) is 3.31. The van der Waals surface area contributed by atoms with Crippen LogP contribution in [-0.2, 0) is 12.8 Å². The summed E-state index contributed by atoms with van der Waals surface area (Å²) in [6.07, 6.45) is 5.51. The molecule has 0 radical (unpaired) electrons. The number of aromatic nitrogens is 2. The first-order chi connectivity index (χ1) is 6.36. The van der Waals surface area contributed by atoms with Crippen LogP contribution in [0.5, 0.6) is 0 Å². The molecule has 1 N–H and O–H groups in total. The van der Waals surface area contributed by atoms with Crippen molar-refractivity contribution in [3.63, 3.8) is 0 Å². The number of halogens is 1. The van der Waals surface area contributed by atoms with Gasteiger partial charge in [-0.2, -0.15) is 0 Å². The number of hydrogen-bond donors (Lipinski definition) is 1. The predicted octanol–water partition coefficient (Wildman–Crippen LogP) is 2.91. The summed E-state index contributed by atoms with van der Waals surface area (Å²) < 4.78 is 0. The molecular formula is C9H9ClN2S. The van der Waals surface area contributed by atoms with E-state index in [0.29, 0.717) is 0 Å². The highest BCUT2D eigenvalue weighted by Crippen LogP contribution is 2.23. The minimum atomic E-state index is 0.879. The van der Waals surface area contributed by atoms with Gasteiger partial charge in [0, 0.05) is 16.8 Å². The zero-order chi connectivity index (χ0) is 9.10. The third kappa shape index (κ3) is 2.11. The molecule has 0 aromatic carbocycles. The second-order valence-corrected chi connectivity index (χ2v) is 4.18. The Kier molecular flexibility index (Phi) is 2.66. The van der Waals surface area contributed by atoms with Gasteiger partial charge >= 0.3 is 0 Å². The summed E-state index contributed by atoms with van der Waals surface area (Å²) >= 11 is 7.67. The van der Waals surface area contributed by atoms with Gasteiger partial charge in [0.15, 0.2) is 0 Å². The van der Waals surface area contributed by atoms with Gasteiger partial charge < -0.3 is 4.98 Å². The highest BCUT2D eigenvalue weighted by Gasteiger charge is 2.02. The summed E-state index contributed by atoms with van der Waals surface area (Å²) in [4.78, 5) is 8.28. The fourth-order valence-corrected chi connectivity index (χ4v) is 2.31. The largest absolute Gasteiger partial charge is 0.348 e. The van der Waals surface area contributed by atoms with E-state index in [1.54, 1.807) is 17.7 Å². The standard InChI is InChI=1S/C9H9ClN2S/c10-8-3-4-13-9(8)2-1-7-5-11-6-12-7/h3-6H,1-2H2,(H,11,12). The molecule has 2 rings (SSSR count). The van der Waals surface area contributed by atoms with Crippen LogP contribution in [0, 0.1) is 0 Å². The van der Waals surface area contributed by atoms with Gasteiger partial charge in [-0.15, -0.1) is 11.3 Å². The first-order valence-electron chi connectivity index (χ1n) is 4.05. The molecule has 2 nitrogen and oxygen atoms in total.